The number of carbonyl (C=O) groups is 1. The predicted molar refractivity (Wildman–Crippen MR) is 92.9 cm³/mol. The van der Waals surface area contributed by atoms with E-state index in [2.05, 4.69) is 10.3 Å². The van der Waals surface area contributed by atoms with Crippen LogP contribution in [0.25, 0.3) is 11.3 Å². The van der Waals surface area contributed by atoms with Gasteiger partial charge in [0.25, 0.3) is 5.91 Å². The van der Waals surface area contributed by atoms with Crippen molar-refractivity contribution < 1.29 is 23.0 Å². The molecule has 0 fully saturated rings. The van der Waals surface area contributed by atoms with Crippen molar-refractivity contribution in [1.29, 1.82) is 0 Å². The lowest BCUT2D eigenvalue weighted by Crippen LogP contribution is -2.15. The van der Waals surface area contributed by atoms with Crippen molar-refractivity contribution in [2.75, 3.05) is 18.5 Å². The van der Waals surface area contributed by atoms with E-state index in [0.717, 1.165) is 17.7 Å². The largest absolute Gasteiger partial charge is 0.486 e. The van der Waals surface area contributed by atoms with Crippen LogP contribution in [0, 0.1) is 11.6 Å². The van der Waals surface area contributed by atoms with Gasteiger partial charge in [0.1, 0.15) is 13.2 Å². The number of ether oxygens (including phenoxy) is 2. The molecule has 132 valence electrons. The molecule has 0 spiro atoms. The summed E-state index contributed by atoms with van der Waals surface area (Å²) in [4.78, 5) is 16.5. The minimum Gasteiger partial charge on any atom is -0.486 e. The van der Waals surface area contributed by atoms with Gasteiger partial charge in [0.2, 0.25) is 0 Å². The topological polar surface area (TPSA) is 60.5 Å². The third kappa shape index (κ3) is 3.23. The molecule has 2 heterocycles. The lowest BCUT2D eigenvalue weighted by atomic mass is 10.1. The van der Waals surface area contributed by atoms with E-state index in [1.165, 1.54) is 17.4 Å². The molecule has 1 aromatic heterocycles. The maximum atomic E-state index is 13.3. The first-order valence-corrected chi connectivity index (χ1v) is 8.60. The smallest absolute Gasteiger partial charge is 0.257 e. The van der Waals surface area contributed by atoms with Gasteiger partial charge in [-0.2, -0.15) is 0 Å². The summed E-state index contributed by atoms with van der Waals surface area (Å²) in [5.41, 5.74) is 1.49. The highest BCUT2D eigenvalue weighted by Crippen LogP contribution is 2.35. The second kappa shape index (κ2) is 6.72. The fourth-order valence-electron chi connectivity index (χ4n) is 2.47. The average molecular weight is 374 g/mol. The lowest BCUT2D eigenvalue weighted by Gasteiger charge is -2.18. The van der Waals surface area contributed by atoms with Crippen molar-refractivity contribution in [2.24, 2.45) is 0 Å². The standard InChI is InChI=1S/C18H12F2N2O3S/c19-12-3-1-11(7-13(12)20)17(23)22-18-21-14(9-26-18)10-2-4-15-16(8-10)25-6-5-24-15/h1-4,7-9H,5-6H2,(H,21,22,23). The van der Waals surface area contributed by atoms with Gasteiger partial charge in [-0.25, -0.2) is 13.8 Å². The van der Waals surface area contributed by atoms with Crippen LogP contribution in [0.5, 0.6) is 11.5 Å². The van der Waals surface area contributed by atoms with Gasteiger partial charge >= 0.3 is 0 Å². The van der Waals surface area contributed by atoms with Crippen LogP contribution in [0.1, 0.15) is 10.4 Å². The molecular formula is C18H12F2N2O3S. The zero-order chi connectivity index (χ0) is 18.1. The number of rotatable bonds is 3. The highest BCUT2D eigenvalue weighted by molar-refractivity contribution is 7.14. The highest BCUT2D eigenvalue weighted by Gasteiger charge is 2.15. The number of fused-ring (bicyclic) bond motifs is 1. The van der Waals surface area contributed by atoms with E-state index in [9.17, 15) is 13.6 Å². The molecule has 0 bridgehead atoms. The number of carbonyl (C=O) groups excluding carboxylic acids is 1. The van der Waals surface area contributed by atoms with Crippen LogP contribution in [0.4, 0.5) is 13.9 Å². The van der Waals surface area contributed by atoms with E-state index in [0.29, 0.717) is 35.5 Å². The monoisotopic (exact) mass is 374 g/mol. The van der Waals surface area contributed by atoms with Crippen LogP contribution < -0.4 is 14.8 Å². The zero-order valence-corrected chi connectivity index (χ0v) is 14.1. The van der Waals surface area contributed by atoms with E-state index in [4.69, 9.17) is 9.47 Å². The first-order chi connectivity index (χ1) is 12.6. The van der Waals surface area contributed by atoms with Gasteiger partial charge in [-0.05, 0) is 36.4 Å². The van der Waals surface area contributed by atoms with Gasteiger partial charge in [-0.15, -0.1) is 11.3 Å². The highest BCUT2D eigenvalue weighted by atomic mass is 32.1. The maximum Gasteiger partial charge on any atom is 0.257 e. The molecule has 0 saturated carbocycles. The van der Waals surface area contributed by atoms with Gasteiger partial charge in [0.15, 0.2) is 28.3 Å². The Kier molecular flexibility index (Phi) is 4.26. The Labute approximate surface area is 151 Å². The summed E-state index contributed by atoms with van der Waals surface area (Å²) in [5.74, 6) is -1.31. The van der Waals surface area contributed by atoms with Crippen LogP contribution in [0.15, 0.2) is 41.8 Å². The predicted octanol–water partition coefficient (Wildman–Crippen LogP) is 4.11. The van der Waals surface area contributed by atoms with E-state index in [-0.39, 0.29) is 5.56 Å². The molecule has 1 amide bonds. The fraction of sp³-hybridized carbons (Fsp3) is 0.111. The summed E-state index contributed by atoms with van der Waals surface area (Å²) in [6.45, 7) is 1.01. The van der Waals surface area contributed by atoms with Gasteiger partial charge in [-0.1, -0.05) is 0 Å². The molecule has 3 aromatic rings. The third-order valence-electron chi connectivity index (χ3n) is 3.74. The Morgan fingerprint density at radius 1 is 1.04 bits per heavy atom. The van der Waals surface area contributed by atoms with Crippen molar-refractivity contribution in [3.63, 3.8) is 0 Å². The molecule has 26 heavy (non-hydrogen) atoms. The molecule has 1 N–H and O–H groups in total. The molecular weight excluding hydrogens is 362 g/mol. The number of thiazole rings is 1. The van der Waals surface area contributed by atoms with Crippen molar-refractivity contribution in [2.45, 2.75) is 0 Å². The van der Waals surface area contributed by atoms with E-state index in [1.54, 1.807) is 5.38 Å². The number of halogens is 2. The Balaban J connectivity index is 1.52. The first kappa shape index (κ1) is 16.5. The molecule has 0 radical (unpaired) electrons. The molecule has 2 aromatic carbocycles. The maximum absolute atomic E-state index is 13.3. The molecule has 1 aliphatic rings. The van der Waals surface area contributed by atoms with E-state index >= 15 is 0 Å². The van der Waals surface area contributed by atoms with Gasteiger partial charge in [0.05, 0.1) is 5.69 Å². The Morgan fingerprint density at radius 2 is 1.85 bits per heavy atom. The fourth-order valence-corrected chi connectivity index (χ4v) is 3.19. The van der Waals surface area contributed by atoms with Crippen molar-refractivity contribution >= 4 is 22.4 Å². The van der Waals surface area contributed by atoms with Crippen LogP contribution >= 0.6 is 11.3 Å². The zero-order valence-electron chi connectivity index (χ0n) is 13.3. The average Bonchev–Trinajstić information content (AvgIpc) is 3.12. The molecule has 0 saturated heterocycles. The van der Waals surface area contributed by atoms with Crippen molar-refractivity contribution in [3.05, 3.63) is 59.0 Å². The van der Waals surface area contributed by atoms with Crippen LogP contribution in [0.3, 0.4) is 0 Å². The first-order valence-electron chi connectivity index (χ1n) is 7.72. The normalized spacial score (nSPS) is 12.7. The molecule has 1 aliphatic heterocycles. The van der Waals surface area contributed by atoms with Crippen LogP contribution in [0.2, 0.25) is 0 Å². The Morgan fingerprint density at radius 3 is 2.65 bits per heavy atom. The molecule has 0 aliphatic carbocycles. The summed E-state index contributed by atoms with van der Waals surface area (Å²) in [6.07, 6.45) is 0. The molecule has 5 nitrogen and oxygen atoms in total. The second-order valence-corrected chi connectivity index (χ2v) is 6.34. The number of nitrogens with zero attached hydrogens (tertiary/aromatic N) is 1. The SMILES string of the molecule is O=C(Nc1nc(-c2ccc3c(c2)OCCO3)cs1)c1ccc(F)c(F)c1. The minimum atomic E-state index is -1.08. The number of anilines is 1. The van der Waals surface area contributed by atoms with E-state index < -0.39 is 17.5 Å². The third-order valence-corrected chi connectivity index (χ3v) is 4.50. The lowest BCUT2D eigenvalue weighted by molar-refractivity contribution is 0.102. The van der Waals surface area contributed by atoms with Crippen molar-refractivity contribution in [1.82, 2.24) is 4.98 Å². The van der Waals surface area contributed by atoms with E-state index in [1.807, 2.05) is 18.2 Å². The minimum absolute atomic E-state index is 0.0139. The number of amides is 1. The van der Waals surface area contributed by atoms with Gasteiger partial charge in [0, 0.05) is 16.5 Å². The summed E-state index contributed by atoms with van der Waals surface area (Å²) < 4.78 is 37.2. The second-order valence-electron chi connectivity index (χ2n) is 5.48. The molecule has 4 rings (SSSR count). The molecule has 0 atom stereocenters. The van der Waals surface area contributed by atoms with Crippen molar-refractivity contribution in [3.8, 4) is 22.8 Å². The number of benzene rings is 2. The number of hydrogen-bond acceptors (Lipinski definition) is 5. The van der Waals surface area contributed by atoms with Gasteiger partial charge in [-0.3, -0.25) is 10.1 Å². The summed E-state index contributed by atoms with van der Waals surface area (Å²) in [5, 5.41) is 4.72. The summed E-state index contributed by atoms with van der Waals surface area (Å²) in [7, 11) is 0. The van der Waals surface area contributed by atoms with Gasteiger partial charge < -0.3 is 9.47 Å². The quantitative estimate of drug-likeness (QED) is 0.749. The number of aromatic nitrogens is 1. The molecule has 0 unspecified atom stereocenters. The number of nitrogens with one attached hydrogen (secondary N) is 1. The molecule has 8 heteroatoms. The summed E-state index contributed by atoms with van der Waals surface area (Å²) >= 11 is 1.23. The Bertz CT molecular complexity index is 990. The number of hydrogen-bond donors (Lipinski definition) is 1. The van der Waals surface area contributed by atoms with Crippen LogP contribution in [-0.4, -0.2) is 24.1 Å². The van der Waals surface area contributed by atoms with Crippen LogP contribution in [-0.2, 0) is 0 Å². The Hall–Kier alpha value is -3.00. The summed E-state index contributed by atoms with van der Waals surface area (Å²) in [6, 6.07) is 8.45.